The number of hydrogen-bond donors (Lipinski definition) is 1. The van der Waals surface area contributed by atoms with Crippen LogP contribution in [0.2, 0.25) is 0 Å². The van der Waals surface area contributed by atoms with Gasteiger partial charge in [-0.15, -0.1) is 0 Å². The van der Waals surface area contributed by atoms with E-state index < -0.39 is 17.7 Å². The Kier molecular flexibility index (Phi) is 8.07. The highest BCUT2D eigenvalue weighted by Crippen LogP contribution is 2.29. The SMILES string of the molecule is CN(CC(=O)O)CC1CN(CCCCc2cccc(C(F)(F)F)c2)CCO1. The second-order valence-corrected chi connectivity index (χ2v) is 7.04. The van der Waals surface area contributed by atoms with Gasteiger partial charge in [0.25, 0.3) is 0 Å². The number of carbonyl (C=O) groups is 1. The molecule has 0 spiro atoms. The molecule has 5 nitrogen and oxygen atoms in total. The molecular weight excluding hydrogens is 361 g/mol. The van der Waals surface area contributed by atoms with E-state index in [2.05, 4.69) is 4.90 Å². The molecule has 1 N–H and O–H groups in total. The monoisotopic (exact) mass is 388 g/mol. The number of morpholine rings is 1. The Morgan fingerprint density at radius 3 is 2.85 bits per heavy atom. The third-order valence-electron chi connectivity index (χ3n) is 4.59. The van der Waals surface area contributed by atoms with Gasteiger partial charge < -0.3 is 9.84 Å². The van der Waals surface area contributed by atoms with Crippen LogP contribution in [0.3, 0.4) is 0 Å². The summed E-state index contributed by atoms with van der Waals surface area (Å²) >= 11 is 0. The lowest BCUT2D eigenvalue weighted by Gasteiger charge is -2.34. The second kappa shape index (κ2) is 10.1. The number of benzene rings is 1. The van der Waals surface area contributed by atoms with E-state index in [9.17, 15) is 18.0 Å². The van der Waals surface area contributed by atoms with Crippen LogP contribution < -0.4 is 0 Å². The Morgan fingerprint density at radius 2 is 2.15 bits per heavy atom. The molecule has 0 aliphatic carbocycles. The van der Waals surface area contributed by atoms with Gasteiger partial charge in [-0.1, -0.05) is 18.2 Å². The molecule has 1 atom stereocenters. The van der Waals surface area contributed by atoms with E-state index in [-0.39, 0.29) is 12.6 Å². The number of unbranched alkanes of at least 4 members (excludes halogenated alkanes) is 1. The number of halogens is 3. The first-order valence-corrected chi connectivity index (χ1v) is 9.14. The molecule has 152 valence electrons. The molecule has 1 aliphatic rings. The Hall–Kier alpha value is -1.64. The molecule has 0 saturated carbocycles. The summed E-state index contributed by atoms with van der Waals surface area (Å²) in [5.41, 5.74) is 0.112. The van der Waals surface area contributed by atoms with Gasteiger partial charge in [0, 0.05) is 19.6 Å². The highest BCUT2D eigenvalue weighted by Gasteiger charge is 2.30. The van der Waals surface area contributed by atoms with Crippen molar-refractivity contribution in [1.82, 2.24) is 9.80 Å². The first kappa shape index (κ1) is 21.7. The maximum atomic E-state index is 12.7. The fourth-order valence-corrected chi connectivity index (χ4v) is 3.30. The Balaban J connectivity index is 1.70. The largest absolute Gasteiger partial charge is 0.480 e. The standard InChI is InChI=1S/C19H27F3N2O3/c1-23(14-18(25)26)12-17-13-24(9-10-27-17)8-3-2-5-15-6-4-7-16(11-15)19(20,21)22/h4,6-7,11,17H,2-3,5,8-10,12-14H2,1H3,(H,25,26). The lowest BCUT2D eigenvalue weighted by molar-refractivity contribution is -0.139. The molecule has 1 saturated heterocycles. The number of ether oxygens (including phenoxy) is 1. The van der Waals surface area contributed by atoms with E-state index in [0.29, 0.717) is 25.1 Å². The first-order valence-electron chi connectivity index (χ1n) is 9.14. The highest BCUT2D eigenvalue weighted by molar-refractivity contribution is 5.69. The maximum absolute atomic E-state index is 12.7. The van der Waals surface area contributed by atoms with E-state index in [1.807, 2.05) is 0 Å². The number of aryl methyl sites for hydroxylation is 1. The minimum Gasteiger partial charge on any atom is -0.480 e. The summed E-state index contributed by atoms with van der Waals surface area (Å²) in [6, 6.07) is 5.51. The molecule has 1 heterocycles. The van der Waals surface area contributed by atoms with Crippen molar-refractivity contribution in [2.45, 2.75) is 31.5 Å². The molecule has 8 heteroatoms. The molecule has 0 radical (unpaired) electrons. The van der Waals surface area contributed by atoms with Gasteiger partial charge in [-0.05, 0) is 44.5 Å². The van der Waals surface area contributed by atoms with Crippen molar-refractivity contribution in [2.24, 2.45) is 0 Å². The highest BCUT2D eigenvalue weighted by atomic mass is 19.4. The molecule has 1 aromatic rings. The van der Waals surface area contributed by atoms with Crippen molar-refractivity contribution < 1.29 is 27.8 Å². The molecule has 1 aliphatic heterocycles. The molecule has 0 aromatic heterocycles. The van der Waals surface area contributed by atoms with Gasteiger partial charge in [0.05, 0.1) is 24.8 Å². The normalized spacial score (nSPS) is 18.8. The summed E-state index contributed by atoms with van der Waals surface area (Å²) in [6.45, 7) is 3.58. The smallest absolute Gasteiger partial charge is 0.416 e. The third kappa shape index (κ3) is 7.86. The van der Waals surface area contributed by atoms with Crippen LogP contribution in [-0.4, -0.2) is 73.4 Å². The molecular formula is C19H27F3N2O3. The Morgan fingerprint density at radius 1 is 1.37 bits per heavy atom. The topological polar surface area (TPSA) is 53.0 Å². The van der Waals surface area contributed by atoms with Gasteiger partial charge in [-0.2, -0.15) is 13.2 Å². The average molecular weight is 388 g/mol. The number of aliphatic carboxylic acids is 1. The zero-order chi connectivity index (χ0) is 19.9. The van der Waals surface area contributed by atoms with Gasteiger partial charge in [0.2, 0.25) is 0 Å². The van der Waals surface area contributed by atoms with Crippen LogP contribution in [0.4, 0.5) is 13.2 Å². The summed E-state index contributed by atoms with van der Waals surface area (Å²) in [5.74, 6) is -0.861. The van der Waals surface area contributed by atoms with E-state index in [4.69, 9.17) is 9.84 Å². The lowest BCUT2D eigenvalue weighted by atomic mass is 10.0. The zero-order valence-corrected chi connectivity index (χ0v) is 15.5. The van der Waals surface area contributed by atoms with Crippen molar-refractivity contribution in [3.8, 4) is 0 Å². The minimum absolute atomic E-state index is 0.0170. The van der Waals surface area contributed by atoms with Crippen LogP contribution in [0, 0.1) is 0 Å². The average Bonchev–Trinajstić information content (AvgIpc) is 2.58. The minimum atomic E-state index is -4.30. The molecule has 1 unspecified atom stereocenters. The zero-order valence-electron chi connectivity index (χ0n) is 15.5. The third-order valence-corrected chi connectivity index (χ3v) is 4.59. The number of alkyl halides is 3. The Labute approximate surface area is 157 Å². The fourth-order valence-electron chi connectivity index (χ4n) is 3.30. The summed E-state index contributed by atoms with van der Waals surface area (Å²) in [5, 5.41) is 8.81. The number of carboxylic acids is 1. The van der Waals surface area contributed by atoms with E-state index in [1.54, 1.807) is 18.0 Å². The number of carboxylic acid groups (broad SMARTS) is 1. The quantitative estimate of drug-likeness (QED) is 0.660. The summed E-state index contributed by atoms with van der Waals surface area (Å²) in [4.78, 5) is 14.7. The predicted molar refractivity (Wildman–Crippen MR) is 95.7 cm³/mol. The predicted octanol–water partition coefficient (Wildman–Crippen LogP) is 2.75. The van der Waals surface area contributed by atoms with Gasteiger partial charge in [-0.25, -0.2) is 0 Å². The van der Waals surface area contributed by atoms with Gasteiger partial charge in [0.15, 0.2) is 0 Å². The number of nitrogens with zero attached hydrogens (tertiary/aromatic N) is 2. The molecule has 0 bridgehead atoms. The van der Waals surface area contributed by atoms with Crippen LogP contribution >= 0.6 is 0 Å². The van der Waals surface area contributed by atoms with Crippen LogP contribution in [-0.2, 0) is 22.1 Å². The van der Waals surface area contributed by atoms with Crippen LogP contribution in [0.15, 0.2) is 24.3 Å². The van der Waals surface area contributed by atoms with Gasteiger partial charge >= 0.3 is 12.1 Å². The van der Waals surface area contributed by atoms with Crippen molar-refractivity contribution in [3.05, 3.63) is 35.4 Å². The van der Waals surface area contributed by atoms with Gasteiger partial charge in [-0.3, -0.25) is 14.6 Å². The van der Waals surface area contributed by atoms with E-state index >= 15 is 0 Å². The molecule has 1 aromatic carbocycles. The number of hydrogen-bond acceptors (Lipinski definition) is 4. The molecule has 1 fully saturated rings. The van der Waals surface area contributed by atoms with Crippen molar-refractivity contribution >= 4 is 5.97 Å². The summed E-state index contributed by atoms with van der Waals surface area (Å²) in [6.07, 6.45) is -1.98. The van der Waals surface area contributed by atoms with Crippen molar-refractivity contribution in [1.29, 1.82) is 0 Å². The van der Waals surface area contributed by atoms with Crippen molar-refractivity contribution in [3.63, 3.8) is 0 Å². The van der Waals surface area contributed by atoms with E-state index in [1.165, 1.54) is 12.1 Å². The number of likely N-dealkylation sites (N-methyl/N-ethyl adjacent to an activating group) is 1. The van der Waals surface area contributed by atoms with Crippen LogP contribution in [0.1, 0.15) is 24.0 Å². The summed E-state index contributed by atoms with van der Waals surface area (Å²) < 4.78 is 43.9. The maximum Gasteiger partial charge on any atom is 0.416 e. The van der Waals surface area contributed by atoms with Gasteiger partial charge in [0.1, 0.15) is 0 Å². The van der Waals surface area contributed by atoms with Crippen LogP contribution in [0.25, 0.3) is 0 Å². The Bertz CT molecular complexity index is 610. The van der Waals surface area contributed by atoms with E-state index in [0.717, 1.165) is 38.5 Å². The molecule has 2 rings (SSSR count). The van der Waals surface area contributed by atoms with Crippen molar-refractivity contribution in [2.75, 3.05) is 46.4 Å². The summed E-state index contributed by atoms with van der Waals surface area (Å²) in [7, 11) is 1.76. The lowest BCUT2D eigenvalue weighted by Crippen LogP contribution is -2.47. The second-order valence-electron chi connectivity index (χ2n) is 7.04. The molecule has 0 amide bonds. The van der Waals surface area contributed by atoms with Crippen LogP contribution in [0.5, 0.6) is 0 Å². The molecule has 27 heavy (non-hydrogen) atoms. The first-order chi connectivity index (χ1) is 12.7. The fraction of sp³-hybridized carbons (Fsp3) is 0.632. The number of rotatable bonds is 9.